The van der Waals surface area contributed by atoms with E-state index < -0.39 is 5.60 Å². The third kappa shape index (κ3) is 1.68. The lowest BCUT2D eigenvalue weighted by Gasteiger charge is -2.51. The van der Waals surface area contributed by atoms with Crippen LogP contribution in [-0.4, -0.2) is 43.6 Å². The maximum atomic E-state index is 11.1. The third-order valence-electron chi connectivity index (χ3n) is 4.65. The quantitative estimate of drug-likeness (QED) is 0.641. The summed E-state index contributed by atoms with van der Waals surface area (Å²) in [5, 5.41) is 14.4. The maximum Gasteiger partial charge on any atom is 0.0790 e. The van der Waals surface area contributed by atoms with Crippen LogP contribution in [0.5, 0.6) is 0 Å². The molecule has 2 saturated heterocycles. The molecule has 2 heterocycles. The van der Waals surface area contributed by atoms with Gasteiger partial charge in [0.15, 0.2) is 0 Å². The van der Waals surface area contributed by atoms with Crippen LogP contribution in [0.2, 0.25) is 0 Å². The number of hydrogen-bond acceptors (Lipinski definition) is 4. The van der Waals surface area contributed by atoms with Gasteiger partial charge in [0.1, 0.15) is 0 Å². The highest BCUT2D eigenvalue weighted by Crippen LogP contribution is 2.47. The first-order valence-corrected chi connectivity index (χ1v) is 6.39. The number of hydrogen-bond donors (Lipinski definition) is 3. The highest BCUT2D eigenvalue weighted by Gasteiger charge is 2.55. The van der Waals surface area contributed by atoms with E-state index in [0.29, 0.717) is 19.1 Å². The number of nitrogens with one attached hydrogen (secondary N) is 1. The van der Waals surface area contributed by atoms with Crippen molar-refractivity contribution in [3.63, 3.8) is 0 Å². The van der Waals surface area contributed by atoms with Gasteiger partial charge in [-0.15, -0.1) is 0 Å². The monoisotopic (exact) mass is 228 g/mol. The molecule has 94 valence electrons. The minimum absolute atomic E-state index is 0.213. The zero-order chi connectivity index (χ0) is 11.6. The molecule has 2 fully saturated rings. The molecule has 4 N–H and O–H groups in total. The van der Waals surface area contributed by atoms with E-state index in [2.05, 4.69) is 12.2 Å². The first-order chi connectivity index (χ1) is 7.68. The molecule has 3 unspecified atom stereocenters. The molecule has 0 aromatic rings. The number of aliphatic hydroxyl groups is 1. The fraction of sp³-hybridized carbons (Fsp3) is 1.00. The minimum atomic E-state index is -0.641. The van der Waals surface area contributed by atoms with E-state index in [4.69, 9.17) is 10.5 Å². The normalized spacial score (nSPS) is 44.8. The van der Waals surface area contributed by atoms with Crippen molar-refractivity contribution in [2.45, 2.75) is 31.8 Å². The first-order valence-electron chi connectivity index (χ1n) is 6.39. The molecule has 0 aromatic carbocycles. The van der Waals surface area contributed by atoms with Crippen molar-refractivity contribution < 1.29 is 9.84 Å². The summed E-state index contributed by atoms with van der Waals surface area (Å²) in [5.41, 5.74) is 5.09. The number of rotatable bonds is 3. The molecule has 0 radical (unpaired) electrons. The molecular formula is C12H24N2O2. The molecule has 0 spiro atoms. The SMILES string of the molecule is CCC1CNCCC1(O)C1(CN)CCOC1. The first kappa shape index (κ1) is 12.3. The zero-order valence-corrected chi connectivity index (χ0v) is 10.2. The summed E-state index contributed by atoms with van der Waals surface area (Å²) in [5.74, 6) is 0.298. The molecule has 3 atom stereocenters. The van der Waals surface area contributed by atoms with Gasteiger partial charge >= 0.3 is 0 Å². The molecule has 0 saturated carbocycles. The van der Waals surface area contributed by atoms with Gasteiger partial charge in [0.05, 0.1) is 12.2 Å². The molecule has 4 heteroatoms. The summed E-state index contributed by atoms with van der Waals surface area (Å²) in [4.78, 5) is 0. The largest absolute Gasteiger partial charge is 0.389 e. The summed E-state index contributed by atoms with van der Waals surface area (Å²) < 4.78 is 5.50. The Balaban J connectivity index is 2.25. The van der Waals surface area contributed by atoms with Gasteiger partial charge in [-0.2, -0.15) is 0 Å². The van der Waals surface area contributed by atoms with Crippen LogP contribution in [0.4, 0.5) is 0 Å². The van der Waals surface area contributed by atoms with E-state index in [1.54, 1.807) is 0 Å². The van der Waals surface area contributed by atoms with Gasteiger partial charge in [0, 0.05) is 31.0 Å². The molecule has 0 bridgehead atoms. The fourth-order valence-corrected chi connectivity index (χ4v) is 3.39. The molecule has 4 nitrogen and oxygen atoms in total. The zero-order valence-electron chi connectivity index (χ0n) is 10.2. The van der Waals surface area contributed by atoms with Gasteiger partial charge in [-0.05, 0) is 25.8 Å². The Morgan fingerprint density at radius 1 is 1.50 bits per heavy atom. The number of piperidine rings is 1. The summed E-state index contributed by atoms with van der Waals surface area (Å²) in [6.07, 6.45) is 2.69. The van der Waals surface area contributed by atoms with Crippen molar-refractivity contribution in [3.05, 3.63) is 0 Å². The smallest absolute Gasteiger partial charge is 0.0790 e. The van der Waals surface area contributed by atoms with E-state index in [1.165, 1.54) is 0 Å². The second-order valence-corrected chi connectivity index (χ2v) is 5.27. The molecule has 0 aliphatic carbocycles. The van der Waals surface area contributed by atoms with Crippen molar-refractivity contribution in [1.82, 2.24) is 5.32 Å². The Morgan fingerprint density at radius 2 is 2.31 bits per heavy atom. The summed E-state index contributed by atoms with van der Waals surface area (Å²) in [6, 6.07) is 0. The predicted octanol–water partition coefficient (Wildman–Crippen LogP) is 0.102. The molecular weight excluding hydrogens is 204 g/mol. The van der Waals surface area contributed by atoms with Crippen molar-refractivity contribution in [2.75, 3.05) is 32.8 Å². The standard InChI is InChI=1S/C12H24N2O2/c1-2-10-7-14-5-3-12(10,15)11(8-13)4-6-16-9-11/h10,14-15H,2-9,13H2,1H3. The van der Waals surface area contributed by atoms with E-state index >= 15 is 0 Å². The lowest BCUT2D eigenvalue weighted by Crippen LogP contribution is -2.62. The maximum absolute atomic E-state index is 11.1. The summed E-state index contributed by atoms with van der Waals surface area (Å²) in [6.45, 7) is 5.81. The van der Waals surface area contributed by atoms with Crippen LogP contribution in [-0.2, 0) is 4.74 Å². The number of ether oxygens (including phenoxy) is 1. The van der Waals surface area contributed by atoms with Crippen molar-refractivity contribution >= 4 is 0 Å². The average Bonchev–Trinajstić information content (AvgIpc) is 2.80. The van der Waals surface area contributed by atoms with Gasteiger partial charge in [-0.3, -0.25) is 0 Å². The van der Waals surface area contributed by atoms with Gasteiger partial charge in [-0.1, -0.05) is 6.92 Å². The Labute approximate surface area is 97.5 Å². The Kier molecular flexibility index (Phi) is 3.54. The molecule has 16 heavy (non-hydrogen) atoms. The van der Waals surface area contributed by atoms with E-state index in [9.17, 15) is 5.11 Å². The van der Waals surface area contributed by atoms with Gasteiger partial charge in [0.25, 0.3) is 0 Å². The lowest BCUT2D eigenvalue weighted by molar-refractivity contribution is -0.140. The van der Waals surface area contributed by atoms with E-state index in [-0.39, 0.29) is 5.41 Å². The highest BCUT2D eigenvalue weighted by atomic mass is 16.5. The van der Waals surface area contributed by atoms with Crippen molar-refractivity contribution in [3.8, 4) is 0 Å². The van der Waals surface area contributed by atoms with Crippen molar-refractivity contribution in [2.24, 2.45) is 17.1 Å². The molecule has 0 aromatic heterocycles. The molecule has 2 rings (SSSR count). The second kappa shape index (κ2) is 4.61. The van der Waals surface area contributed by atoms with E-state index in [1.807, 2.05) is 0 Å². The average molecular weight is 228 g/mol. The van der Waals surface area contributed by atoms with E-state index in [0.717, 1.165) is 39.0 Å². The van der Waals surface area contributed by atoms with Gasteiger partial charge in [0.2, 0.25) is 0 Å². The Morgan fingerprint density at radius 3 is 2.88 bits per heavy atom. The molecule has 0 amide bonds. The summed E-state index contributed by atoms with van der Waals surface area (Å²) in [7, 11) is 0. The van der Waals surface area contributed by atoms with Crippen LogP contribution in [0.1, 0.15) is 26.2 Å². The Hall–Kier alpha value is -0.160. The summed E-state index contributed by atoms with van der Waals surface area (Å²) >= 11 is 0. The van der Waals surface area contributed by atoms with Crippen LogP contribution in [0.15, 0.2) is 0 Å². The van der Waals surface area contributed by atoms with Crippen LogP contribution in [0.25, 0.3) is 0 Å². The predicted molar refractivity (Wildman–Crippen MR) is 63.1 cm³/mol. The van der Waals surface area contributed by atoms with Crippen LogP contribution in [0.3, 0.4) is 0 Å². The van der Waals surface area contributed by atoms with Gasteiger partial charge in [-0.25, -0.2) is 0 Å². The van der Waals surface area contributed by atoms with Crippen LogP contribution in [0, 0.1) is 11.3 Å². The topological polar surface area (TPSA) is 67.5 Å². The number of nitrogens with two attached hydrogens (primary N) is 1. The van der Waals surface area contributed by atoms with Crippen molar-refractivity contribution in [1.29, 1.82) is 0 Å². The fourth-order valence-electron chi connectivity index (χ4n) is 3.39. The van der Waals surface area contributed by atoms with Crippen LogP contribution >= 0.6 is 0 Å². The molecule has 2 aliphatic rings. The highest BCUT2D eigenvalue weighted by molar-refractivity contribution is 5.07. The lowest BCUT2D eigenvalue weighted by atomic mass is 9.61. The Bertz CT molecular complexity index is 241. The minimum Gasteiger partial charge on any atom is -0.389 e. The third-order valence-corrected chi connectivity index (χ3v) is 4.65. The van der Waals surface area contributed by atoms with Gasteiger partial charge < -0.3 is 20.9 Å². The van der Waals surface area contributed by atoms with Crippen LogP contribution < -0.4 is 11.1 Å². The molecule has 2 aliphatic heterocycles. The second-order valence-electron chi connectivity index (χ2n) is 5.27.